The zero-order valence-electron chi connectivity index (χ0n) is 19.5. The number of carbonyl (C=O) groups is 2. The topological polar surface area (TPSA) is 84.8 Å². The van der Waals surface area contributed by atoms with Crippen LogP contribution in [-0.2, 0) is 16.6 Å². The van der Waals surface area contributed by atoms with Crippen LogP contribution in [0.15, 0.2) is 29.3 Å². The van der Waals surface area contributed by atoms with Crippen molar-refractivity contribution in [3.05, 3.63) is 41.5 Å². The Bertz CT molecular complexity index is 1130. The van der Waals surface area contributed by atoms with Crippen LogP contribution >= 0.6 is 11.9 Å². The molecule has 3 aliphatic heterocycles. The summed E-state index contributed by atoms with van der Waals surface area (Å²) < 4.78 is 30.8. The number of halogens is 1. The molecule has 3 aliphatic rings. The van der Waals surface area contributed by atoms with Gasteiger partial charge in [-0.05, 0) is 62.4 Å². The van der Waals surface area contributed by atoms with Crippen molar-refractivity contribution in [3.8, 4) is 5.75 Å². The van der Waals surface area contributed by atoms with Crippen molar-refractivity contribution in [3.63, 3.8) is 0 Å². The van der Waals surface area contributed by atoms with Gasteiger partial charge in [0.05, 0.1) is 11.5 Å². The first kappa shape index (κ1) is 23.2. The first-order valence-electron chi connectivity index (χ1n) is 11.5. The quantitative estimate of drug-likeness (QED) is 0.646. The Balaban J connectivity index is 1.31. The fraction of sp³-hybridized carbons (Fsp3) is 0.500. The number of hydrogen-bond acceptors (Lipinski definition) is 6. The van der Waals surface area contributed by atoms with E-state index in [1.54, 1.807) is 24.6 Å². The van der Waals surface area contributed by atoms with E-state index in [0.29, 0.717) is 49.0 Å². The zero-order valence-corrected chi connectivity index (χ0v) is 20.3. The number of nitrogens with one attached hydrogen (secondary N) is 2. The van der Waals surface area contributed by atoms with Gasteiger partial charge in [-0.2, -0.15) is 0 Å². The average molecular weight is 489 g/mol. The Morgan fingerprint density at radius 3 is 2.88 bits per heavy atom. The van der Waals surface area contributed by atoms with Gasteiger partial charge in [0.1, 0.15) is 11.4 Å². The van der Waals surface area contributed by atoms with Gasteiger partial charge in [0.15, 0.2) is 11.4 Å². The minimum atomic E-state index is -0.734. The number of nitrogens with zero attached hydrogens (tertiary/aromatic N) is 2. The number of fused-ring (bicyclic) bond motifs is 2. The predicted octanol–water partition coefficient (Wildman–Crippen LogP) is 3.11. The molecule has 2 aromatic rings. The Morgan fingerprint density at radius 2 is 2.15 bits per heavy atom. The van der Waals surface area contributed by atoms with E-state index < -0.39 is 5.60 Å². The molecule has 2 saturated heterocycles. The van der Waals surface area contributed by atoms with Gasteiger partial charge in [0, 0.05) is 50.6 Å². The van der Waals surface area contributed by atoms with Crippen LogP contribution in [0.2, 0.25) is 0 Å². The highest BCUT2D eigenvalue weighted by Gasteiger charge is 2.45. The van der Waals surface area contributed by atoms with Crippen LogP contribution in [0.1, 0.15) is 35.8 Å². The Morgan fingerprint density at radius 1 is 1.32 bits per heavy atom. The van der Waals surface area contributed by atoms with E-state index in [1.165, 1.54) is 24.1 Å². The van der Waals surface area contributed by atoms with Crippen LogP contribution in [0.4, 0.5) is 10.1 Å². The van der Waals surface area contributed by atoms with E-state index >= 15 is 0 Å². The lowest BCUT2D eigenvalue weighted by Crippen LogP contribution is -2.46. The number of amides is 2. The van der Waals surface area contributed by atoms with E-state index in [-0.39, 0.29) is 29.6 Å². The number of likely N-dealkylation sites (tertiary alicyclic amines) is 1. The SMILES string of the molecule is Cc1cc(NC(=O)c2c3c(cn2C)SN[C@H]2CN(C(=O)C4(C)CCCO4)C[C@@H]2CO3)ccc1F. The molecule has 0 radical (unpaired) electrons. The van der Waals surface area contributed by atoms with Gasteiger partial charge in [-0.15, -0.1) is 0 Å². The third-order valence-electron chi connectivity index (χ3n) is 6.89. The van der Waals surface area contributed by atoms with Crippen LogP contribution < -0.4 is 14.8 Å². The van der Waals surface area contributed by atoms with Crippen LogP contribution in [-0.4, -0.2) is 59.2 Å². The summed E-state index contributed by atoms with van der Waals surface area (Å²) in [5, 5.41) is 2.84. The summed E-state index contributed by atoms with van der Waals surface area (Å²) in [5.41, 5.74) is 0.631. The zero-order chi connectivity index (χ0) is 24.0. The lowest BCUT2D eigenvalue weighted by Gasteiger charge is -2.28. The second-order valence-corrected chi connectivity index (χ2v) is 10.4. The molecule has 2 fully saturated rings. The summed E-state index contributed by atoms with van der Waals surface area (Å²) in [4.78, 5) is 28.9. The first-order chi connectivity index (χ1) is 16.2. The number of benzene rings is 1. The lowest BCUT2D eigenvalue weighted by molar-refractivity contribution is -0.150. The van der Waals surface area contributed by atoms with Crippen LogP contribution in [0.25, 0.3) is 0 Å². The van der Waals surface area contributed by atoms with E-state index in [9.17, 15) is 14.0 Å². The van der Waals surface area contributed by atoms with E-state index in [2.05, 4.69) is 10.0 Å². The standard InChI is InChI=1S/C24H29FN4O4S/c1-14-9-16(5-6-17(14)25)26-22(30)20-21-19(12-28(20)3)34-27-18-11-29(10-15(18)13-32-21)23(31)24(2)7-4-8-33-24/h5-6,9,12,15,18,27H,4,7-8,10-11,13H2,1-3H3,(H,26,30)/t15-,18+,24?/m1/s1. The molecular weight excluding hydrogens is 459 g/mol. The minimum Gasteiger partial charge on any atom is -0.489 e. The molecule has 0 aliphatic carbocycles. The smallest absolute Gasteiger partial charge is 0.276 e. The van der Waals surface area contributed by atoms with Crippen molar-refractivity contribution in [1.29, 1.82) is 0 Å². The highest BCUT2D eigenvalue weighted by molar-refractivity contribution is 7.97. The number of ether oxygens (including phenoxy) is 2. The summed E-state index contributed by atoms with van der Waals surface area (Å²) in [7, 11) is 1.79. The van der Waals surface area contributed by atoms with Gasteiger partial charge >= 0.3 is 0 Å². The summed E-state index contributed by atoms with van der Waals surface area (Å²) in [5.74, 6) is -0.0189. The minimum absolute atomic E-state index is 0.0385. The Labute approximate surface area is 202 Å². The monoisotopic (exact) mass is 488 g/mol. The fourth-order valence-electron chi connectivity index (χ4n) is 4.92. The van der Waals surface area contributed by atoms with Gasteiger partial charge in [0.2, 0.25) is 0 Å². The van der Waals surface area contributed by atoms with Crippen molar-refractivity contribution in [2.75, 3.05) is 31.6 Å². The lowest BCUT2D eigenvalue weighted by atomic mass is 10.0. The molecule has 0 saturated carbocycles. The molecule has 1 aromatic heterocycles. The number of carbonyl (C=O) groups excluding carboxylic acids is 2. The summed E-state index contributed by atoms with van der Waals surface area (Å²) in [6.45, 7) is 5.71. The molecule has 10 heteroatoms. The maximum Gasteiger partial charge on any atom is 0.276 e. The van der Waals surface area contributed by atoms with Gasteiger partial charge in [0.25, 0.3) is 11.8 Å². The van der Waals surface area contributed by atoms with Crippen molar-refractivity contribution >= 4 is 29.4 Å². The highest BCUT2D eigenvalue weighted by atomic mass is 32.2. The van der Waals surface area contributed by atoms with Crippen molar-refractivity contribution in [2.45, 2.75) is 43.2 Å². The van der Waals surface area contributed by atoms with Gasteiger partial charge in [-0.25, -0.2) is 4.39 Å². The van der Waals surface area contributed by atoms with Crippen LogP contribution in [0.3, 0.4) is 0 Å². The molecule has 5 rings (SSSR count). The van der Waals surface area contributed by atoms with E-state index in [4.69, 9.17) is 9.47 Å². The van der Waals surface area contributed by atoms with Crippen LogP contribution in [0.5, 0.6) is 5.75 Å². The Hall–Kier alpha value is -2.56. The average Bonchev–Trinajstić information content (AvgIpc) is 3.49. The molecule has 2 N–H and O–H groups in total. The van der Waals surface area contributed by atoms with Crippen molar-refractivity contribution < 1.29 is 23.5 Å². The molecule has 2 amide bonds. The molecule has 182 valence electrons. The number of hydrogen-bond donors (Lipinski definition) is 2. The third-order valence-corrected chi connectivity index (χ3v) is 7.83. The molecule has 3 atom stereocenters. The molecule has 4 heterocycles. The Kier molecular flexibility index (Phi) is 6.07. The molecular formula is C24H29FN4O4S. The fourth-order valence-corrected chi connectivity index (χ4v) is 5.92. The number of aromatic nitrogens is 1. The highest BCUT2D eigenvalue weighted by Crippen LogP contribution is 2.38. The number of rotatable bonds is 3. The predicted molar refractivity (Wildman–Crippen MR) is 126 cm³/mol. The van der Waals surface area contributed by atoms with Crippen molar-refractivity contribution in [1.82, 2.24) is 14.2 Å². The van der Waals surface area contributed by atoms with Gasteiger partial charge < -0.3 is 24.3 Å². The molecule has 8 nitrogen and oxygen atoms in total. The second kappa shape index (κ2) is 8.90. The molecule has 0 bridgehead atoms. The molecule has 0 spiro atoms. The van der Waals surface area contributed by atoms with Gasteiger partial charge in [-0.3, -0.25) is 14.3 Å². The summed E-state index contributed by atoms with van der Waals surface area (Å²) in [6, 6.07) is 4.54. The van der Waals surface area contributed by atoms with Gasteiger partial charge in [-0.1, -0.05) is 0 Å². The maximum atomic E-state index is 13.6. The number of aryl methyl sites for hydroxylation is 2. The normalized spacial score (nSPS) is 26.3. The molecule has 34 heavy (non-hydrogen) atoms. The van der Waals surface area contributed by atoms with E-state index in [1.807, 2.05) is 18.0 Å². The summed E-state index contributed by atoms with van der Waals surface area (Å²) in [6.07, 6.45) is 3.50. The van der Waals surface area contributed by atoms with E-state index in [0.717, 1.165) is 17.7 Å². The number of anilines is 1. The second-order valence-electron chi connectivity index (χ2n) is 9.49. The first-order valence-corrected chi connectivity index (χ1v) is 12.3. The largest absolute Gasteiger partial charge is 0.489 e. The maximum absolute atomic E-state index is 13.6. The third kappa shape index (κ3) is 4.18. The summed E-state index contributed by atoms with van der Waals surface area (Å²) >= 11 is 1.41. The van der Waals surface area contributed by atoms with Crippen molar-refractivity contribution in [2.24, 2.45) is 13.0 Å². The molecule has 1 unspecified atom stereocenters. The molecule has 1 aromatic carbocycles. The van der Waals surface area contributed by atoms with Crippen LogP contribution in [0, 0.1) is 18.7 Å².